The molecule has 2 aromatic carbocycles. The number of hydrogen-bond acceptors (Lipinski definition) is 3. The van der Waals surface area contributed by atoms with Gasteiger partial charge >= 0.3 is 0 Å². The number of nitrogens with zero attached hydrogens (tertiary/aromatic N) is 1. The fourth-order valence-electron chi connectivity index (χ4n) is 2.02. The molecule has 0 fully saturated rings. The Hall–Kier alpha value is -1.91. The van der Waals surface area contributed by atoms with Crippen LogP contribution in [0.3, 0.4) is 0 Å². The standard InChI is InChI=1S/C15H15Cl2N3O/c16-12-7-4-8-13(17)14(12)19-9-11(15(18)20-21)10-5-2-1-3-6-10/h1-8,11,19,21H,9H2,(H2,18,20). The van der Waals surface area contributed by atoms with Crippen LogP contribution in [0.5, 0.6) is 0 Å². The van der Waals surface area contributed by atoms with Crippen molar-refractivity contribution in [3.63, 3.8) is 0 Å². The van der Waals surface area contributed by atoms with Gasteiger partial charge in [-0.15, -0.1) is 0 Å². The van der Waals surface area contributed by atoms with E-state index in [2.05, 4.69) is 10.5 Å². The van der Waals surface area contributed by atoms with E-state index in [0.29, 0.717) is 22.3 Å². The van der Waals surface area contributed by atoms with Gasteiger partial charge in [0.2, 0.25) is 0 Å². The second kappa shape index (κ2) is 7.20. The van der Waals surface area contributed by atoms with Crippen molar-refractivity contribution < 1.29 is 5.21 Å². The molecule has 0 bridgehead atoms. The Kier molecular flexibility index (Phi) is 5.31. The van der Waals surface area contributed by atoms with E-state index in [1.807, 2.05) is 30.3 Å². The third kappa shape index (κ3) is 3.80. The third-order valence-electron chi connectivity index (χ3n) is 3.12. The Morgan fingerprint density at radius 1 is 1.10 bits per heavy atom. The fraction of sp³-hybridized carbons (Fsp3) is 0.133. The van der Waals surface area contributed by atoms with Gasteiger partial charge in [0.15, 0.2) is 0 Å². The molecule has 4 N–H and O–H groups in total. The van der Waals surface area contributed by atoms with Crippen molar-refractivity contribution >= 4 is 34.7 Å². The molecule has 2 aromatic rings. The molecule has 2 rings (SSSR count). The lowest BCUT2D eigenvalue weighted by Crippen LogP contribution is -2.28. The van der Waals surface area contributed by atoms with Crippen molar-refractivity contribution in [2.75, 3.05) is 11.9 Å². The highest BCUT2D eigenvalue weighted by atomic mass is 35.5. The third-order valence-corrected chi connectivity index (χ3v) is 3.75. The van der Waals surface area contributed by atoms with Gasteiger partial charge in [-0.3, -0.25) is 0 Å². The maximum atomic E-state index is 8.96. The number of amidine groups is 1. The van der Waals surface area contributed by atoms with E-state index < -0.39 is 0 Å². The molecule has 0 aliphatic carbocycles. The number of oxime groups is 1. The Morgan fingerprint density at radius 3 is 2.29 bits per heavy atom. The van der Waals surface area contributed by atoms with Gasteiger partial charge in [-0.1, -0.05) is 64.8 Å². The summed E-state index contributed by atoms with van der Waals surface area (Å²) >= 11 is 12.2. The van der Waals surface area contributed by atoms with Gasteiger partial charge < -0.3 is 16.3 Å². The van der Waals surface area contributed by atoms with Crippen LogP contribution in [0.1, 0.15) is 11.5 Å². The first-order valence-electron chi connectivity index (χ1n) is 6.33. The van der Waals surface area contributed by atoms with Gasteiger partial charge in [-0.05, 0) is 17.7 Å². The summed E-state index contributed by atoms with van der Waals surface area (Å²) in [6, 6.07) is 14.8. The summed E-state index contributed by atoms with van der Waals surface area (Å²) in [5, 5.41) is 16.3. The van der Waals surface area contributed by atoms with Crippen LogP contribution in [0.15, 0.2) is 53.7 Å². The lowest BCUT2D eigenvalue weighted by atomic mass is 9.98. The molecule has 0 amide bonds. The highest BCUT2D eigenvalue weighted by Gasteiger charge is 2.17. The van der Waals surface area contributed by atoms with Crippen LogP contribution in [0, 0.1) is 0 Å². The fourth-order valence-corrected chi connectivity index (χ4v) is 2.55. The largest absolute Gasteiger partial charge is 0.409 e. The number of nitrogens with two attached hydrogens (primary N) is 1. The van der Waals surface area contributed by atoms with E-state index >= 15 is 0 Å². The van der Waals surface area contributed by atoms with E-state index in [1.165, 1.54) is 0 Å². The Labute approximate surface area is 133 Å². The van der Waals surface area contributed by atoms with E-state index in [0.717, 1.165) is 5.56 Å². The SMILES string of the molecule is NC(=NO)C(CNc1c(Cl)cccc1Cl)c1ccccc1. The van der Waals surface area contributed by atoms with E-state index in [1.54, 1.807) is 18.2 Å². The molecule has 0 aromatic heterocycles. The second-order valence-electron chi connectivity index (χ2n) is 4.47. The van der Waals surface area contributed by atoms with Crippen LogP contribution in [0.25, 0.3) is 0 Å². The predicted molar refractivity (Wildman–Crippen MR) is 87.5 cm³/mol. The van der Waals surface area contributed by atoms with Crippen molar-refractivity contribution in [1.82, 2.24) is 0 Å². The maximum Gasteiger partial charge on any atom is 0.148 e. The summed E-state index contributed by atoms with van der Waals surface area (Å²) < 4.78 is 0. The molecule has 110 valence electrons. The van der Waals surface area contributed by atoms with Crippen LogP contribution in [-0.2, 0) is 0 Å². The molecule has 0 aliphatic rings. The molecule has 0 saturated carbocycles. The molecular weight excluding hydrogens is 309 g/mol. The first-order chi connectivity index (χ1) is 10.1. The van der Waals surface area contributed by atoms with E-state index in [4.69, 9.17) is 34.1 Å². The normalized spacial score (nSPS) is 13.0. The quantitative estimate of drug-likeness (QED) is 0.338. The van der Waals surface area contributed by atoms with Crippen LogP contribution in [0.4, 0.5) is 5.69 Å². The molecule has 0 saturated heterocycles. The topological polar surface area (TPSA) is 70.6 Å². The van der Waals surface area contributed by atoms with Crippen LogP contribution in [0.2, 0.25) is 10.0 Å². The van der Waals surface area contributed by atoms with Crippen molar-refractivity contribution in [3.05, 3.63) is 64.1 Å². The molecule has 1 atom stereocenters. The summed E-state index contributed by atoms with van der Waals surface area (Å²) in [7, 11) is 0. The second-order valence-corrected chi connectivity index (χ2v) is 5.28. The molecule has 1 unspecified atom stereocenters. The van der Waals surface area contributed by atoms with E-state index in [-0.39, 0.29) is 11.8 Å². The summed E-state index contributed by atoms with van der Waals surface area (Å²) in [5.74, 6) is -0.166. The van der Waals surface area contributed by atoms with Crippen LogP contribution in [-0.4, -0.2) is 17.6 Å². The molecule has 0 heterocycles. The molecule has 0 spiro atoms. The summed E-state index contributed by atoms with van der Waals surface area (Å²) in [6.45, 7) is 0.406. The van der Waals surface area contributed by atoms with E-state index in [9.17, 15) is 0 Å². The van der Waals surface area contributed by atoms with Gasteiger partial charge in [0.1, 0.15) is 5.84 Å². The Balaban J connectivity index is 2.21. The number of rotatable bonds is 5. The van der Waals surface area contributed by atoms with Gasteiger partial charge in [-0.2, -0.15) is 0 Å². The molecule has 21 heavy (non-hydrogen) atoms. The molecule has 6 heteroatoms. The maximum absolute atomic E-state index is 8.96. The molecule has 0 aliphatic heterocycles. The van der Waals surface area contributed by atoms with Crippen LogP contribution >= 0.6 is 23.2 Å². The highest BCUT2D eigenvalue weighted by Crippen LogP contribution is 2.30. The summed E-state index contributed by atoms with van der Waals surface area (Å²) in [6.07, 6.45) is 0. The number of benzene rings is 2. The zero-order valence-electron chi connectivity index (χ0n) is 11.1. The molecule has 0 radical (unpaired) electrons. The average Bonchev–Trinajstić information content (AvgIpc) is 2.50. The number of nitrogens with one attached hydrogen (secondary N) is 1. The zero-order valence-corrected chi connectivity index (χ0v) is 12.6. The number of halogens is 2. The van der Waals surface area contributed by atoms with Crippen molar-refractivity contribution in [3.8, 4) is 0 Å². The minimum absolute atomic E-state index is 0.122. The Bertz CT molecular complexity index is 612. The zero-order chi connectivity index (χ0) is 15.2. The predicted octanol–water partition coefficient (Wildman–Crippen LogP) is 3.94. The summed E-state index contributed by atoms with van der Waals surface area (Å²) in [4.78, 5) is 0. The molecule has 4 nitrogen and oxygen atoms in total. The minimum atomic E-state index is -0.288. The summed E-state index contributed by atoms with van der Waals surface area (Å²) in [5.41, 5.74) is 7.35. The van der Waals surface area contributed by atoms with Gasteiger partial charge in [0, 0.05) is 6.54 Å². The smallest absolute Gasteiger partial charge is 0.148 e. The first kappa shape index (κ1) is 15.5. The number of para-hydroxylation sites is 1. The minimum Gasteiger partial charge on any atom is -0.409 e. The van der Waals surface area contributed by atoms with Gasteiger partial charge in [0.25, 0.3) is 0 Å². The lowest BCUT2D eigenvalue weighted by molar-refractivity contribution is 0.316. The monoisotopic (exact) mass is 323 g/mol. The van der Waals surface area contributed by atoms with Gasteiger partial charge in [0.05, 0.1) is 21.7 Å². The molecular formula is C15H15Cl2N3O. The Morgan fingerprint density at radius 2 is 1.71 bits per heavy atom. The number of hydrogen-bond donors (Lipinski definition) is 3. The van der Waals surface area contributed by atoms with Crippen molar-refractivity contribution in [2.24, 2.45) is 10.9 Å². The lowest BCUT2D eigenvalue weighted by Gasteiger charge is -2.18. The van der Waals surface area contributed by atoms with Gasteiger partial charge in [-0.25, -0.2) is 0 Å². The van der Waals surface area contributed by atoms with Crippen molar-refractivity contribution in [1.29, 1.82) is 0 Å². The number of anilines is 1. The average molecular weight is 324 g/mol. The highest BCUT2D eigenvalue weighted by molar-refractivity contribution is 6.39. The van der Waals surface area contributed by atoms with Crippen LogP contribution < -0.4 is 11.1 Å². The van der Waals surface area contributed by atoms with Crippen molar-refractivity contribution in [2.45, 2.75) is 5.92 Å². The first-order valence-corrected chi connectivity index (χ1v) is 7.09.